The maximum Gasteiger partial charge on any atom is 0.188 e. The number of thiazole rings is 1. The highest BCUT2D eigenvalue weighted by molar-refractivity contribution is 7.81. The lowest BCUT2D eigenvalue weighted by Gasteiger charge is -2.28. The number of ether oxygens (including phenoxy) is 2. The first kappa shape index (κ1) is 14.0. The van der Waals surface area contributed by atoms with Crippen LogP contribution in [0, 0.1) is 0 Å². The molecule has 1 aromatic heterocycles. The average Bonchev–Trinajstić information content (AvgIpc) is 2.94. The second-order valence-corrected chi connectivity index (χ2v) is 6.13. The summed E-state index contributed by atoms with van der Waals surface area (Å²) in [5.41, 5.74) is 5.86. The van der Waals surface area contributed by atoms with E-state index in [1.54, 1.807) is 11.3 Å². The summed E-state index contributed by atoms with van der Waals surface area (Å²) in [5.74, 6) is 0.910. The number of nitrogens with two attached hydrogens (primary N) is 1. The van der Waals surface area contributed by atoms with Crippen LogP contribution in [0.4, 0.5) is 10.9 Å². The van der Waals surface area contributed by atoms with Gasteiger partial charge in [-0.3, -0.25) is 0 Å². The van der Waals surface area contributed by atoms with Crippen LogP contribution in [0.3, 0.4) is 0 Å². The Balaban J connectivity index is 1.87. The van der Waals surface area contributed by atoms with Gasteiger partial charge in [0, 0.05) is 26.2 Å². The molecule has 3 heterocycles. The fourth-order valence-corrected chi connectivity index (χ4v) is 3.55. The molecule has 0 amide bonds. The quantitative estimate of drug-likeness (QED) is 0.813. The van der Waals surface area contributed by atoms with E-state index in [4.69, 9.17) is 32.4 Å². The molecular formula is C12H18N4O2S2. The van der Waals surface area contributed by atoms with Gasteiger partial charge >= 0.3 is 0 Å². The molecular weight excluding hydrogens is 296 g/mol. The largest absolute Gasteiger partial charge is 0.389 e. The van der Waals surface area contributed by atoms with E-state index in [1.165, 1.54) is 0 Å². The summed E-state index contributed by atoms with van der Waals surface area (Å²) < 4.78 is 10.8. The Morgan fingerprint density at radius 2 is 1.60 bits per heavy atom. The van der Waals surface area contributed by atoms with E-state index >= 15 is 0 Å². The van der Waals surface area contributed by atoms with E-state index < -0.39 is 0 Å². The van der Waals surface area contributed by atoms with Gasteiger partial charge < -0.3 is 25.0 Å². The molecule has 0 aliphatic carbocycles. The summed E-state index contributed by atoms with van der Waals surface area (Å²) in [6.07, 6.45) is 0. The Morgan fingerprint density at radius 3 is 2.15 bits per heavy atom. The van der Waals surface area contributed by atoms with Gasteiger partial charge in [0.1, 0.15) is 9.87 Å². The molecule has 1 aromatic rings. The zero-order valence-corrected chi connectivity index (χ0v) is 12.8. The molecule has 6 nitrogen and oxygen atoms in total. The minimum absolute atomic E-state index is 0.420. The third-order valence-electron chi connectivity index (χ3n) is 3.41. The monoisotopic (exact) mass is 314 g/mol. The maximum atomic E-state index is 5.86. The normalized spacial score (nSPS) is 20.2. The van der Waals surface area contributed by atoms with Gasteiger partial charge in [0.15, 0.2) is 10.9 Å². The van der Waals surface area contributed by atoms with Crippen LogP contribution in [0.1, 0.15) is 4.88 Å². The molecule has 2 aliphatic rings. The number of rotatable bonds is 3. The van der Waals surface area contributed by atoms with E-state index in [-0.39, 0.29) is 0 Å². The molecule has 110 valence electrons. The summed E-state index contributed by atoms with van der Waals surface area (Å²) in [6.45, 7) is 6.34. The predicted octanol–water partition coefficient (Wildman–Crippen LogP) is 0.450. The number of aromatic nitrogens is 1. The number of anilines is 2. The molecule has 2 saturated heterocycles. The molecule has 2 aliphatic heterocycles. The second-order valence-electron chi connectivity index (χ2n) is 4.71. The summed E-state index contributed by atoms with van der Waals surface area (Å²) >= 11 is 6.76. The Bertz CT molecular complexity index is 482. The van der Waals surface area contributed by atoms with Crippen molar-refractivity contribution in [2.24, 2.45) is 5.73 Å². The van der Waals surface area contributed by atoms with Gasteiger partial charge in [-0.1, -0.05) is 23.6 Å². The van der Waals surface area contributed by atoms with Crippen molar-refractivity contribution in [3.05, 3.63) is 4.88 Å². The number of morpholine rings is 2. The molecule has 20 heavy (non-hydrogen) atoms. The molecule has 0 unspecified atom stereocenters. The molecule has 2 fully saturated rings. The van der Waals surface area contributed by atoms with E-state index in [9.17, 15) is 0 Å². The summed E-state index contributed by atoms with van der Waals surface area (Å²) in [7, 11) is 0. The van der Waals surface area contributed by atoms with Crippen molar-refractivity contribution < 1.29 is 9.47 Å². The zero-order chi connectivity index (χ0) is 13.9. The molecule has 0 bridgehead atoms. The van der Waals surface area contributed by atoms with Crippen molar-refractivity contribution in [3.8, 4) is 0 Å². The molecule has 0 atom stereocenters. The van der Waals surface area contributed by atoms with E-state index in [1.807, 2.05) is 0 Å². The first-order valence-corrected chi connectivity index (χ1v) is 7.94. The van der Waals surface area contributed by atoms with Crippen LogP contribution in [-0.2, 0) is 9.47 Å². The van der Waals surface area contributed by atoms with Crippen LogP contribution in [0.15, 0.2) is 0 Å². The van der Waals surface area contributed by atoms with Crippen LogP contribution in [0.5, 0.6) is 0 Å². The van der Waals surface area contributed by atoms with Gasteiger partial charge in [-0.15, -0.1) is 0 Å². The fraction of sp³-hybridized carbons (Fsp3) is 0.667. The summed E-state index contributed by atoms with van der Waals surface area (Å²) in [5, 5.41) is 0.984. The van der Waals surface area contributed by atoms with Crippen LogP contribution in [-0.4, -0.2) is 62.6 Å². The standard InChI is InChI=1S/C12H18N4O2S2/c13-10(19)9-11(15-1-5-17-6-2-15)14-12(20-9)16-3-7-18-8-4-16/h1-8H2,(H2,13,19). The van der Waals surface area contributed by atoms with Crippen molar-refractivity contribution in [1.29, 1.82) is 0 Å². The highest BCUT2D eigenvalue weighted by Crippen LogP contribution is 2.33. The van der Waals surface area contributed by atoms with Gasteiger partial charge in [0.05, 0.1) is 26.4 Å². The Morgan fingerprint density at radius 1 is 1.05 bits per heavy atom. The fourth-order valence-electron chi connectivity index (χ4n) is 2.34. The third kappa shape index (κ3) is 2.88. The molecule has 0 aromatic carbocycles. The first-order chi connectivity index (χ1) is 9.75. The number of hydrogen-bond donors (Lipinski definition) is 1. The number of thiocarbonyl (C=S) groups is 1. The average molecular weight is 314 g/mol. The van der Waals surface area contributed by atoms with Crippen molar-refractivity contribution in [2.45, 2.75) is 0 Å². The maximum absolute atomic E-state index is 5.86. The summed E-state index contributed by atoms with van der Waals surface area (Å²) in [6, 6.07) is 0. The first-order valence-electron chi connectivity index (χ1n) is 6.72. The van der Waals surface area contributed by atoms with Crippen LogP contribution < -0.4 is 15.5 Å². The second kappa shape index (κ2) is 6.21. The lowest BCUT2D eigenvalue weighted by Crippen LogP contribution is -2.38. The molecule has 0 radical (unpaired) electrons. The smallest absolute Gasteiger partial charge is 0.188 e. The van der Waals surface area contributed by atoms with Gasteiger partial charge in [-0.2, -0.15) is 0 Å². The minimum Gasteiger partial charge on any atom is -0.389 e. The Kier molecular flexibility index (Phi) is 4.35. The highest BCUT2D eigenvalue weighted by atomic mass is 32.1. The summed E-state index contributed by atoms with van der Waals surface area (Å²) in [4.78, 5) is 10.5. The van der Waals surface area contributed by atoms with E-state index in [0.29, 0.717) is 4.99 Å². The molecule has 3 rings (SSSR count). The molecule has 8 heteroatoms. The highest BCUT2D eigenvalue weighted by Gasteiger charge is 2.24. The lowest BCUT2D eigenvalue weighted by atomic mass is 10.4. The van der Waals surface area contributed by atoms with Crippen LogP contribution in [0.25, 0.3) is 0 Å². The number of hydrogen-bond acceptors (Lipinski definition) is 7. The zero-order valence-electron chi connectivity index (χ0n) is 11.2. The van der Waals surface area contributed by atoms with Gasteiger partial charge in [0.25, 0.3) is 0 Å². The lowest BCUT2D eigenvalue weighted by molar-refractivity contribution is 0.122. The Labute approximate surface area is 127 Å². The topological polar surface area (TPSA) is 63.8 Å². The van der Waals surface area contributed by atoms with Crippen LogP contribution >= 0.6 is 23.6 Å². The Hall–Kier alpha value is -0.960. The van der Waals surface area contributed by atoms with E-state index in [2.05, 4.69) is 9.80 Å². The van der Waals surface area contributed by atoms with Crippen molar-refractivity contribution in [3.63, 3.8) is 0 Å². The van der Waals surface area contributed by atoms with Crippen molar-refractivity contribution >= 4 is 39.5 Å². The van der Waals surface area contributed by atoms with Crippen LogP contribution in [0.2, 0.25) is 0 Å². The SMILES string of the molecule is NC(=S)c1sc(N2CCOCC2)nc1N1CCOCC1. The van der Waals surface area contributed by atoms with Gasteiger partial charge in [-0.05, 0) is 0 Å². The van der Waals surface area contributed by atoms with Crippen molar-refractivity contribution in [1.82, 2.24) is 4.98 Å². The van der Waals surface area contributed by atoms with E-state index in [0.717, 1.165) is 68.4 Å². The molecule has 0 spiro atoms. The van der Waals surface area contributed by atoms with Gasteiger partial charge in [-0.25, -0.2) is 4.98 Å². The minimum atomic E-state index is 0.420. The number of nitrogens with zero attached hydrogens (tertiary/aromatic N) is 3. The molecule has 2 N–H and O–H groups in total. The third-order valence-corrected chi connectivity index (χ3v) is 4.89. The van der Waals surface area contributed by atoms with Gasteiger partial charge in [0.2, 0.25) is 0 Å². The molecule has 0 saturated carbocycles. The van der Waals surface area contributed by atoms with Crippen molar-refractivity contribution in [2.75, 3.05) is 62.4 Å². The predicted molar refractivity (Wildman–Crippen MR) is 84.1 cm³/mol.